The summed E-state index contributed by atoms with van der Waals surface area (Å²) >= 11 is 0. The second kappa shape index (κ2) is 5.07. The van der Waals surface area contributed by atoms with E-state index in [-0.39, 0.29) is 5.78 Å². The van der Waals surface area contributed by atoms with Gasteiger partial charge >= 0.3 is 0 Å². The summed E-state index contributed by atoms with van der Waals surface area (Å²) in [6.07, 6.45) is 2.19. The van der Waals surface area contributed by atoms with Gasteiger partial charge in [-0.3, -0.25) is 4.79 Å². The summed E-state index contributed by atoms with van der Waals surface area (Å²) in [5.41, 5.74) is 0.694. The van der Waals surface area contributed by atoms with E-state index in [0.29, 0.717) is 12.0 Å². The van der Waals surface area contributed by atoms with Crippen molar-refractivity contribution in [1.82, 2.24) is 4.98 Å². The first kappa shape index (κ1) is 11.1. The molecule has 86 valence electrons. The van der Waals surface area contributed by atoms with Crippen molar-refractivity contribution in [2.24, 2.45) is 0 Å². The molecule has 0 saturated carbocycles. The van der Waals surface area contributed by atoms with Crippen LogP contribution in [-0.4, -0.2) is 37.1 Å². The maximum atomic E-state index is 11.4. The number of anilines is 1. The fraction of sp³-hybridized carbons (Fsp3) is 0.500. The number of rotatable bonds is 3. The molecule has 1 aliphatic rings. The molecule has 0 radical (unpaired) electrons. The molecule has 0 amide bonds. The summed E-state index contributed by atoms with van der Waals surface area (Å²) in [5.74, 6) is 1.07. The Balaban J connectivity index is 2.09. The van der Waals surface area contributed by atoms with Gasteiger partial charge < -0.3 is 9.64 Å². The first-order chi connectivity index (χ1) is 7.81. The first-order valence-corrected chi connectivity index (χ1v) is 5.63. The molecule has 4 heteroatoms. The SMILES string of the molecule is CCC(=O)c1ccc(N2CCOCC2)nc1. The minimum absolute atomic E-state index is 0.140. The average Bonchev–Trinajstić information content (AvgIpc) is 2.39. The normalized spacial score (nSPS) is 16.2. The highest BCUT2D eigenvalue weighted by Gasteiger charge is 2.12. The lowest BCUT2D eigenvalue weighted by atomic mass is 10.1. The lowest BCUT2D eigenvalue weighted by Crippen LogP contribution is -2.36. The van der Waals surface area contributed by atoms with Crippen LogP contribution in [0.25, 0.3) is 0 Å². The number of carbonyl (C=O) groups is 1. The van der Waals surface area contributed by atoms with E-state index in [1.807, 2.05) is 19.1 Å². The van der Waals surface area contributed by atoms with Gasteiger partial charge in [0.1, 0.15) is 5.82 Å². The van der Waals surface area contributed by atoms with Gasteiger partial charge in [0.2, 0.25) is 0 Å². The van der Waals surface area contributed by atoms with Crippen molar-refractivity contribution in [3.63, 3.8) is 0 Å². The zero-order chi connectivity index (χ0) is 11.4. The summed E-state index contributed by atoms with van der Waals surface area (Å²) in [7, 11) is 0. The van der Waals surface area contributed by atoms with E-state index < -0.39 is 0 Å². The molecule has 1 aromatic heterocycles. The first-order valence-electron chi connectivity index (χ1n) is 5.63. The van der Waals surface area contributed by atoms with Gasteiger partial charge in [0.05, 0.1) is 13.2 Å². The minimum Gasteiger partial charge on any atom is -0.378 e. The van der Waals surface area contributed by atoms with E-state index in [0.717, 1.165) is 32.1 Å². The fourth-order valence-corrected chi connectivity index (χ4v) is 1.73. The third kappa shape index (κ3) is 2.39. The molecular formula is C12H16N2O2. The Hall–Kier alpha value is -1.42. The molecule has 16 heavy (non-hydrogen) atoms. The minimum atomic E-state index is 0.140. The number of aromatic nitrogens is 1. The number of hydrogen-bond donors (Lipinski definition) is 0. The van der Waals surface area contributed by atoms with Gasteiger partial charge in [0.25, 0.3) is 0 Å². The average molecular weight is 220 g/mol. The number of pyridine rings is 1. The Kier molecular flexibility index (Phi) is 3.51. The highest BCUT2D eigenvalue weighted by molar-refractivity contribution is 5.95. The van der Waals surface area contributed by atoms with E-state index in [1.165, 1.54) is 0 Å². The van der Waals surface area contributed by atoms with Crippen LogP contribution in [0.15, 0.2) is 18.3 Å². The molecule has 1 aromatic rings. The molecule has 0 aromatic carbocycles. The number of Topliss-reactive ketones (excluding diaryl/α,β-unsaturated/α-hetero) is 1. The number of ether oxygens (including phenoxy) is 1. The molecule has 0 unspecified atom stereocenters. The van der Waals surface area contributed by atoms with Crippen LogP contribution in [0.2, 0.25) is 0 Å². The molecule has 0 N–H and O–H groups in total. The molecular weight excluding hydrogens is 204 g/mol. The van der Waals surface area contributed by atoms with Crippen LogP contribution in [0, 0.1) is 0 Å². The predicted molar refractivity (Wildman–Crippen MR) is 61.9 cm³/mol. The van der Waals surface area contributed by atoms with Gasteiger partial charge in [-0.25, -0.2) is 4.98 Å². The number of carbonyl (C=O) groups excluding carboxylic acids is 1. The van der Waals surface area contributed by atoms with Crippen molar-refractivity contribution >= 4 is 11.6 Å². The lowest BCUT2D eigenvalue weighted by molar-refractivity contribution is 0.0987. The van der Waals surface area contributed by atoms with Crippen LogP contribution in [0.5, 0.6) is 0 Å². The third-order valence-corrected chi connectivity index (χ3v) is 2.73. The smallest absolute Gasteiger partial charge is 0.164 e. The molecule has 0 bridgehead atoms. The predicted octanol–water partition coefficient (Wildman–Crippen LogP) is 1.51. The Morgan fingerprint density at radius 2 is 2.19 bits per heavy atom. The topological polar surface area (TPSA) is 42.4 Å². The number of hydrogen-bond acceptors (Lipinski definition) is 4. The maximum absolute atomic E-state index is 11.4. The molecule has 4 nitrogen and oxygen atoms in total. The summed E-state index contributed by atoms with van der Waals surface area (Å²) in [6, 6.07) is 3.76. The van der Waals surface area contributed by atoms with Gasteiger partial charge in [-0.2, -0.15) is 0 Å². The molecule has 0 atom stereocenters. The second-order valence-electron chi connectivity index (χ2n) is 3.78. The van der Waals surface area contributed by atoms with Crippen LogP contribution in [0.4, 0.5) is 5.82 Å². The van der Waals surface area contributed by atoms with Crippen molar-refractivity contribution < 1.29 is 9.53 Å². The Bertz CT molecular complexity index is 356. The van der Waals surface area contributed by atoms with E-state index in [2.05, 4.69) is 9.88 Å². The molecule has 1 aliphatic heterocycles. The monoisotopic (exact) mass is 220 g/mol. The Labute approximate surface area is 95.2 Å². The highest BCUT2D eigenvalue weighted by atomic mass is 16.5. The van der Waals surface area contributed by atoms with Crippen molar-refractivity contribution in [2.75, 3.05) is 31.2 Å². The van der Waals surface area contributed by atoms with Crippen LogP contribution >= 0.6 is 0 Å². The standard InChI is InChI=1S/C12H16N2O2/c1-2-11(15)10-3-4-12(13-9-10)14-5-7-16-8-6-14/h3-4,9H,2,5-8H2,1H3. The Morgan fingerprint density at radius 1 is 1.44 bits per heavy atom. The quantitative estimate of drug-likeness (QED) is 0.724. The van der Waals surface area contributed by atoms with Crippen molar-refractivity contribution in [2.45, 2.75) is 13.3 Å². The maximum Gasteiger partial charge on any atom is 0.164 e. The van der Waals surface area contributed by atoms with Crippen molar-refractivity contribution in [3.05, 3.63) is 23.9 Å². The van der Waals surface area contributed by atoms with E-state index >= 15 is 0 Å². The van der Waals surface area contributed by atoms with E-state index in [1.54, 1.807) is 6.20 Å². The van der Waals surface area contributed by atoms with Crippen LogP contribution in [0.3, 0.4) is 0 Å². The van der Waals surface area contributed by atoms with E-state index in [9.17, 15) is 4.79 Å². The third-order valence-electron chi connectivity index (χ3n) is 2.73. The van der Waals surface area contributed by atoms with Gasteiger partial charge in [-0.15, -0.1) is 0 Å². The van der Waals surface area contributed by atoms with E-state index in [4.69, 9.17) is 4.74 Å². The lowest BCUT2D eigenvalue weighted by Gasteiger charge is -2.27. The molecule has 0 aliphatic carbocycles. The van der Waals surface area contributed by atoms with Gasteiger partial charge in [-0.1, -0.05) is 6.92 Å². The van der Waals surface area contributed by atoms with Crippen LogP contribution in [-0.2, 0) is 4.74 Å². The molecule has 0 spiro atoms. The molecule has 1 saturated heterocycles. The zero-order valence-corrected chi connectivity index (χ0v) is 9.48. The van der Waals surface area contributed by atoms with Crippen molar-refractivity contribution in [3.8, 4) is 0 Å². The second-order valence-corrected chi connectivity index (χ2v) is 3.78. The molecule has 2 rings (SSSR count). The van der Waals surface area contributed by atoms with Crippen molar-refractivity contribution in [1.29, 1.82) is 0 Å². The molecule has 2 heterocycles. The summed E-state index contributed by atoms with van der Waals surface area (Å²) < 4.78 is 5.28. The highest BCUT2D eigenvalue weighted by Crippen LogP contribution is 2.13. The molecule has 1 fully saturated rings. The number of ketones is 1. The zero-order valence-electron chi connectivity index (χ0n) is 9.48. The van der Waals surface area contributed by atoms with Gasteiger partial charge in [0.15, 0.2) is 5.78 Å². The van der Waals surface area contributed by atoms with Crippen LogP contribution < -0.4 is 4.90 Å². The van der Waals surface area contributed by atoms with Gasteiger partial charge in [0, 0.05) is 31.3 Å². The Morgan fingerprint density at radius 3 is 2.75 bits per heavy atom. The summed E-state index contributed by atoms with van der Waals surface area (Å²) in [5, 5.41) is 0. The number of nitrogens with zero attached hydrogens (tertiary/aromatic N) is 2. The summed E-state index contributed by atoms with van der Waals surface area (Å²) in [4.78, 5) is 17.9. The van der Waals surface area contributed by atoms with Crippen LogP contribution in [0.1, 0.15) is 23.7 Å². The van der Waals surface area contributed by atoms with Gasteiger partial charge in [-0.05, 0) is 12.1 Å². The summed E-state index contributed by atoms with van der Waals surface area (Å²) in [6.45, 7) is 5.09. The number of morpholine rings is 1. The fourth-order valence-electron chi connectivity index (χ4n) is 1.73. The largest absolute Gasteiger partial charge is 0.378 e.